The van der Waals surface area contributed by atoms with Crippen LogP contribution in [0.15, 0.2) is 64.2 Å². The Bertz CT molecular complexity index is 898. The molecular weight excluding hydrogens is 376 g/mol. The van der Waals surface area contributed by atoms with Crippen LogP contribution in [0.2, 0.25) is 0 Å². The summed E-state index contributed by atoms with van der Waals surface area (Å²) in [7, 11) is 1.35. The predicted molar refractivity (Wildman–Crippen MR) is 107 cm³/mol. The van der Waals surface area contributed by atoms with Gasteiger partial charge in [0.25, 0.3) is 5.22 Å². The lowest BCUT2D eigenvalue weighted by Gasteiger charge is -2.08. The number of esters is 1. The van der Waals surface area contributed by atoms with Gasteiger partial charge < -0.3 is 13.9 Å². The molecule has 0 aliphatic heterocycles. The van der Waals surface area contributed by atoms with Gasteiger partial charge in [0.1, 0.15) is 5.75 Å². The molecule has 0 saturated heterocycles. The number of hydrogen-bond donors (Lipinski definition) is 0. The number of nitrogens with zero attached hydrogens (tertiary/aromatic N) is 2. The second-order valence-electron chi connectivity index (χ2n) is 6.19. The molecule has 0 fully saturated rings. The summed E-state index contributed by atoms with van der Waals surface area (Å²) < 4.78 is 16.1. The van der Waals surface area contributed by atoms with Crippen molar-refractivity contribution < 1.29 is 18.7 Å². The highest BCUT2D eigenvalue weighted by Gasteiger charge is 2.13. The predicted octanol–water partition coefficient (Wildman–Crippen LogP) is 4.37. The average molecular weight is 398 g/mol. The Morgan fingerprint density at radius 2 is 1.96 bits per heavy atom. The number of aromatic nitrogens is 2. The van der Waals surface area contributed by atoms with Crippen molar-refractivity contribution in [2.75, 3.05) is 19.5 Å². The first kappa shape index (κ1) is 19.9. The van der Waals surface area contributed by atoms with Crippen LogP contribution in [0.1, 0.15) is 34.7 Å². The van der Waals surface area contributed by atoms with Gasteiger partial charge in [-0.15, -0.1) is 10.2 Å². The number of methoxy groups -OCH3 is 1. The lowest BCUT2D eigenvalue weighted by molar-refractivity contribution is 0.0600. The molecule has 0 radical (unpaired) electrons. The van der Waals surface area contributed by atoms with E-state index >= 15 is 0 Å². The van der Waals surface area contributed by atoms with Gasteiger partial charge in [-0.2, -0.15) is 0 Å². The highest BCUT2D eigenvalue weighted by atomic mass is 32.2. The van der Waals surface area contributed by atoms with E-state index in [-0.39, 0.29) is 5.97 Å². The Hall–Kier alpha value is -2.80. The highest BCUT2D eigenvalue weighted by molar-refractivity contribution is 7.99. The molecule has 0 aliphatic rings. The molecule has 1 atom stereocenters. The summed E-state index contributed by atoms with van der Waals surface area (Å²) in [5, 5.41) is 8.74. The highest BCUT2D eigenvalue weighted by Crippen LogP contribution is 2.22. The molecule has 6 nitrogen and oxygen atoms in total. The summed E-state index contributed by atoms with van der Waals surface area (Å²) in [6.45, 7) is 2.59. The first-order valence-corrected chi connectivity index (χ1v) is 9.95. The number of benzene rings is 2. The first-order chi connectivity index (χ1) is 13.7. The molecule has 0 amide bonds. The van der Waals surface area contributed by atoms with Crippen LogP contribution < -0.4 is 4.74 Å². The van der Waals surface area contributed by atoms with Crippen LogP contribution in [-0.2, 0) is 11.2 Å². The zero-order chi connectivity index (χ0) is 19.8. The largest absolute Gasteiger partial charge is 0.493 e. The Kier molecular flexibility index (Phi) is 7.08. The lowest BCUT2D eigenvalue weighted by atomic mass is 9.98. The van der Waals surface area contributed by atoms with Crippen LogP contribution in [0.4, 0.5) is 0 Å². The van der Waals surface area contributed by atoms with Crippen LogP contribution in [0.25, 0.3) is 0 Å². The van der Waals surface area contributed by atoms with E-state index in [0.29, 0.717) is 47.1 Å². The topological polar surface area (TPSA) is 74.5 Å². The monoisotopic (exact) mass is 398 g/mol. The standard InChI is InChI=1S/C21H22N2O4S/c1-15(16-7-4-3-5-8-16)13-19-22-23-21(27-19)28-12-11-26-18-10-6-9-17(14-18)20(24)25-2/h3-10,14-15H,11-13H2,1-2H3. The zero-order valence-electron chi connectivity index (χ0n) is 15.8. The fraction of sp³-hybridized carbons (Fsp3) is 0.286. The molecule has 0 N–H and O–H groups in total. The summed E-state index contributed by atoms with van der Waals surface area (Å²) in [6.07, 6.45) is 0.703. The second-order valence-corrected chi connectivity index (χ2v) is 7.24. The minimum atomic E-state index is -0.386. The Balaban J connectivity index is 1.44. The summed E-state index contributed by atoms with van der Waals surface area (Å²) in [4.78, 5) is 11.5. The van der Waals surface area contributed by atoms with Crippen molar-refractivity contribution in [3.8, 4) is 5.75 Å². The summed E-state index contributed by atoms with van der Waals surface area (Å²) in [5.41, 5.74) is 1.71. The van der Waals surface area contributed by atoms with Gasteiger partial charge in [-0.3, -0.25) is 0 Å². The van der Waals surface area contributed by atoms with Gasteiger partial charge in [0.15, 0.2) is 0 Å². The van der Waals surface area contributed by atoms with Crippen molar-refractivity contribution in [1.82, 2.24) is 10.2 Å². The minimum Gasteiger partial charge on any atom is -0.493 e. The van der Waals surface area contributed by atoms with Crippen molar-refractivity contribution in [2.45, 2.75) is 24.5 Å². The van der Waals surface area contributed by atoms with Gasteiger partial charge in [-0.05, 0) is 29.7 Å². The normalized spacial score (nSPS) is 11.8. The van der Waals surface area contributed by atoms with Crippen molar-refractivity contribution >= 4 is 17.7 Å². The Labute approximate surface area is 168 Å². The summed E-state index contributed by atoms with van der Waals surface area (Å²) >= 11 is 1.44. The molecule has 0 saturated carbocycles. The molecule has 1 heterocycles. The fourth-order valence-corrected chi connectivity index (χ4v) is 3.25. The molecule has 28 heavy (non-hydrogen) atoms. The molecule has 1 unspecified atom stereocenters. The van der Waals surface area contributed by atoms with Crippen molar-refractivity contribution in [1.29, 1.82) is 0 Å². The van der Waals surface area contributed by atoms with Gasteiger partial charge >= 0.3 is 5.97 Å². The zero-order valence-corrected chi connectivity index (χ0v) is 16.6. The lowest BCUT2D eigenvalue weighted by Crippen LogP contribution is -2.03. The molecule has 1 aromatic heterocycles. The van der Waals surface area contributed by atoms with Crippen molar-refractivity contribution in [3.05, 3.63) is 71.6 Å². The Morgan fingerprint density at radius 3 is 2.75 bits per heavy atom. The quantitative estimate of drug-likeness (QED) is 0.301. The molecule has 146 valence electrons. The molecule has 3 rings (SSSR count). The number of rotatable bonds is 9. The van der Waals surface area contributed by atoms with Crippen molar-refractivity contribution in [3.63, 3.8) is 0 Å². The SMILES string of the molecule is COC(=O)c1cccc(OCCSc2nnc(CC(C)c3ccccc3)o2)c1. The summed E-state index contributed by atoms with van der Waals surface area (Å²) in [6, 6.07) is 17.2. The maximum atomic E-state index is 11.5. The third-order valence-corrected chi connectivity index (χ3v) is 4.91. The van der Waals surface area contributed by atoms with Crippen molar-refractivity contribution in [2.24, 2.45) is 0 Å². The van der Waals surface area contributed by atoms with Crippen LogP contribution >= 0.6 is 11.8 Å². The van der Waals surface area contributed by atoms with Crippen LogP contribution in [0, 0.1) is 0 Å². The van der Waals surface area contributed by atoms with Crippen LogP contribution in [0.3, 0.4) is 0 Å². The third-order valence-electron chi connectivity index (χ3n) is 4.13. The van der Waals surface area contributed by atoms with Gasteiger partial charge in [0, 0.05) is 12.2 Å². The number of carbonyl (C=O) groups excluding carboxylic acids is 1. The van der Waals surface area contributed by atoms with Gasteiger partial charge in [0.2, 0.25) is 5.89 Å². The van der Waals surface area contributed by atoms with E-state index in [2.05, 4.69) is 29.3 Å². The average Bonchev–Trinajstić information content (AvgIpc) is 3.18. The van der Waals surface area contributed by atoms with E-state index in [1.807, 2.05) is 18.2 Å². The molecule has 3 aromatic rings. The van der Waals surface area contributed by atoms with Gasteiger partial charge in [-0.25, -0.2) is 4.79 Å². The number of thioether (sulfide) groups is 1. The van der Waals surface area contributed by atoms with E-state index < -0.39 is 0 Å². The number of carbonyl (C=O) groups is 1. The van der Waals surface area contributed by atoms with Gasteiger partial charge in [-0.1, -0.05) is 55.1 Å². The smallest absolute Gasteiger partial charge is 0.337 e. The molecule has 0 aliphatic carbocycles. The van der Waals surface area contributed by atoms with E-state index in [0.717, 1.165) is 0 Å². The van der Waals surface area contributed by atoms with E-state index in [9.17, 15) is 4.79 Å². The molecule has 2 aromatic carbocycles. The molecular formula is C21H22N2O4S. The maximum Gasteiger partial charge on any atom is 0.337 e. The summed E-state index contributed by atoms with van der Waals surface area (Å²) in [5.74, 6) is 1.82. The van der Waals surface area contributed by atoms with Crippen LogP contribution in [0.5, 0.6) is 5.75 Å². The second kappa shape index (κ2) is 9.94. The van der Waals surface area contributed by atoms with Crippen LogP contribution in [-0.4, -0.2) is 35.6 Å². The number of hydrogen-bond acceptors (Lipinski definition) is 7. The third kappa shape index (κ3) is 5.60. The van der Waals surface area contributed by atoms with E-state index in [1.54, 1.807) is 24.3 Å². The van der Waals surface area contributed by atoms with Gasteiger partial charge in [0.05, 0.1) is 19.3 Å². The maximum absolute atomic E-state index is 11.5. The van der Waals surface area contributed by atoms with E-state index in [1.165, 1.54) is 24.4 Å². The minimum absolute atomic E-state index is 0.310. The van der Waals surface area contributed by atoms with E-state index in [4.69, 9.17) is 13.9 Å². The first-order valence-electron chi connectivity index (χ1n) is 8.97. The molecule has 0 bridgehead atoms. The molecule has 0 spiro atoms. The molecule has 7 heteroatoms. The fourth-order valence-electron chi connectivity index (χ4n) is 2.66. The Morgan fingerprint density at radius 1 is 1.14 bits per heavy atom. The number of ether oxygens (including phenoxy) is 2.